The normalized spacial score (nSPS) is 12.0. The first-order valence-corrected chi connectivity index (χ1v) is 11.7. The molecule has 0 aliphatic carbocycles. The molecular weight excluding hydrogens is 322 g/mol. The molecule has 0 saturated heterocycles. The Morgan fingerprint density at radius 1 is 1.04 bits per heavy atom. The molecule has 0 fully saturated rings. The molecule has 0 radical (unpaired) electrons. The number of unbranched alkanes of at least 4 members (excludes halogenated alkanes) is 1. The minimum Gasteiger partial charge on any atom is -0.497 e. The Kier molecular flexibility index (Phi) is 6.83. The molecule has 0 amide bonds. The third-order valence-electron chi connectivity index (χ3n) is 5.47. The van der Waals surface area contributed by atoms with Gasteiger partial charge >= 0.3 is 0 Å². The van der Waals surface area contributed by atoms with E-state index in [1.54, 1.807) is 12.3 Å². The molecule has 0 spiro atoms. The number of hydrogen-bond acceptors (Lipinski definition) is 2. The molecule has 0 unspecified atom stereocenters. The minimum atomic E-state index is -2.00. The van der Waals surface area contributed by atoms with Gasteiger partial charge in [0.15, 0.2) is 0 Å². The molecule has 3 heteroatoms. The second-order valence-electron chi connectivity index (χ2n) is 7.52. The van der Waals surface area contributed by atoms with Gasteiger partial charge in [-0.25, -0.2) is 0 Å². The molecule has 2 aromatic rings. The van der Waals surface area contributed by atoms with Gasteiger partial charge < -0.3 is 4.74 Å². The number of aryl methyl sites for hydroxylation is 1. The first kappa shape index (κ1) is 19.7. The van der Waals surface area contributed by atoms with Crippen LogP contribution in [0.2, 0.25) is 11.1 Å². The maximum absolute atomic E-state index is 5.53. The molecule has 0 aliphatic heterocycles. The highest BCUT2D eigenvalue weighted by Crippen LogP contribution is 2.33. The number of nitrogens with zero attached hydrogens (tertiary/aromatic N) is 1. The molecule has 2 nitrogen and oxygen atoms in total. The van der Waals surface area contributed by atoms with Gasteiger partial charge in [-0.3, -0.25) is 4.98 Å². The van der Waals surface area contributed by atoms with Crippen LogP contribution in [0, 0.1) is 0 Å². The summed E-state index contributed by atoms with van der Waals surface area (Å²) in [6, 6.07) is 13.2. The number of hydrogen-bond donors (Lipinski definition) is 0. The predicted octanol–water partition coefficient (Wildman–Crippen LogP) is 4.82. The average molecular weight is 356 g/mol. The zero-order chi connectivity index (χ0) is 18.4. The lowest BCUT2D eigenvalue weighted by Gasteiger charge is -2.40. The van der Waals surface area contributed by atoms with Crippen molar-refractivity contribution in [1.82, 2.24) is 4.98 Å². The molecule has 2 rings (SSSR count). The van der Waals surface area contributed by atoms with Crippen LogP contribution in [-0.4, -0.2) is 20.2 Å². The van der Waals surface area contributed by atoms with Crippen molar-refractivity contribution in [2.24, 2.45) is 0 Å². The van der Waals surface area contributed by atoms with E-state index in [1.807, 2.05) is 12.3 Å². The van der Waals surface area contributed by atoms with Crippen molar-refractivity contribution in [2.45, 2.75) is 65.0 Å². The van der Waals surface area contributed by atoms with Gasteiger partial charge in [0, 0.05) is 11.5 Å². The molecule has 1 heterocycles. The van der Waals surface area contributed by atoms with E-state index < -0.39 is 8.07 Å². The highest BCUT2D eigenvalue weighted by atomic mass is 28.3. The molecule has 0 bridgehead atoms. The van der Waals surface area contributed by atoms with E-state index in [0.29, 0.717) is 11.1 Å². The second kappa shape index (κ2) is 8.66. The van der Waals surface area contributed by atoms with E-state index in [2.05, 4.69) is 65.0 Å². The summed E-state index contributed by atoms with van der Waals surface area (Å²) in [5, 5.41) is 2.85. The second-order valence-corrected chi connectivity index (χ2v) is 12.6. The lowest BCUT2D eigenvalue weighted by molar-refractivity contribution is 0.414. The molecule has 0 saturated carbocycles. The molecule has 0 aliphatic rings. The van der Waals surface area contributed by atoms with E-state index in [-0.39, 0.29) is 0 Å². The van der Waals surface area contributed by atoms with Gasteiger partial charge in [0.25, 0.3) is 0 Å². The summed E-state index contributed by atoms with van der Waals surface area (Å²) in [6.07, 6.45) is 5.49. The van der Waals surface area contributed by atoms with Crippen LogP contribution in [-0.2, 0) is 6.42 Å². The number of rotatable bonds is 8. The van der Waals surface area contributed by atoms with E-state index in [1.165, 1.54) is 23.7 Å². The number of aromatic nitrogens is 1. The van der Waals surface area contributed by atoms with Crippen LogP contribution in [0.3, 0.4) is 0 Å². The van der Waals surface area contributed by atoms with Crippen molar-refractivity contribution >= 4 is 18.6 Å². The first-order valence-electron chi connectivity index (χ1n) is 9.57. The fourth-order valence-corrected chi connectivity index (χ4v) is 10.1. The standard InChI is InChI=1S/C22H33NOSi/c1-7-8-11-19-16-20(24-6)13-14-21(19)25(17(2)3,18(4)5)22-12-9-10-15-23-22/h9-10,12-18H,7-8,11H2,1-6H3. The Bertz CT molecular complexity index is 659. The van der Waals surface area contributed by atoms with Crippen LogP contribution in [0.15, 0.2) is 42.6 Å². The maximum atomic E-state index is 5.53. The van der Waals surface area contributed by atoms with Gasteiger partial charge in [-0.1, -0.05) is 53.2 Å². The first-order chi connectivity index (χ1) is 12.0. The molecular formula is C22H33NOSi. The Balaban J connectivity index is 2.73. The molecule has 1 aromatic heterocycles. The van der Waals surface area contributed by atoms with E-state index in [0.717, 1.165) is 12.2 Å². The van der Waals surface area contributed by atoms with Crippen LogP contribution >= 0.6 is 0 Å². The summed E-state index contributed by atoms with van der Waals surface area (Å²) in [6.45, 7) is 11.8. The van der Waals surface area contributed by atoms with Crippen LogP contribution in [0.4, 0.5) is 0 Å². The lowest BCUT2D eigenvalue weighted by atomic mass is 10.1. The Hall–Kier alpha value is -1.61. The summed E-state index contributed by atoms with van der Waals surface area (Å²) >= 11 is 0. The van der Waals surface area contributed by atoms with Gasteiger partial charge in [0.05, 0.1) is 7.11 Å². The minimum absolute atomic E-state index is 0.580. The topological polar surface area (TPSA) is 22.1 Å². The van der Waals surface area contributed by atoms with E-state index in [4.69, 9.17) is 9.72 Å². The van der Waals surface area contributed by atoms with Crippen molar-refractivity contribution < 1.29 is 4.74 Å². The zero-order valence-electron chi connectivity index (χ0n) is 16.7. The maximum Gasteiger partial charge on any atom is 0.146 e. The van der Waals surface area contributed by atoms with Crippen LogP contribution < -0.4 is 15.2 Å². The number of benzene rings is 1. The number of pyridine rings is 1. The van der Waals surface area contributed by atoms with E-state index in [9.17, 15) is 0 Å². The van der Waals surface area contributed by atoms with Crippen LogP contribution in [0.1, 0.15) is 53.0 Å². The quantitative estimate of drug-likeness (QED) is 0.634. The fraction of sp³-hybridized carbons (Fsp3) is 0.500. The van der Waals surface area contributed by atoms with Gasteiger partial charge in [0.2, 0.25) is 0 Å². The SMILES string of the molecule is CCCCc1cc(OC)ccc1[Si](c1ccccn1)(C(C)C)C(C)C. The largest absolute Gasteiger partial charge is 0.497 e. The Morgan fingerprint density at radius 3 is 2.28 bits per heavy atom. The van der Waals surface area contributed by atoms with Crippen LogP contribution in [0.5, 0.6) is 5.75 Å². The molecule has 136 valence electrons. The fourth-order valence-electron chi connectivity index (χ4n) is 4.30. The molecule has 1 aromatic carbocycles. The lowest BCUT2D eigenvalue weighted by Crippen LogP contribution is -2.64. The van der Waals surface area contributed by atoms with Crippen molar-refractivity contribution in [2.75, 3.05) is 7.11 Å². The monoisotopic (exact) mass is 355 g/mol. The Labute approximate surface area is 154 Å². The summed E-state index contributed by atoms with van der Waals surface area (Å²) in [7, 11) is -0.242. The third-order valence-corrected chi connectivity index (χ3v) is 11.6. The van der Waals surface area contributed by atoms with Crippen molar-refractivity contribution in [3.63, 3.8) is 0 Å². The number of ether oxygens (including phenoxy) is 1. The van der Waals surface area contributed by atoms with Gasteiger partial charge in [-0.2, -0.15) is 0 Å². The highest BCUT2D eigenvalue weighted by Gasteiger charge is 2.45. The molecule has 0 atom stereocenters. The summed E-state index contributed by atoms with van der Waals surface area (Å²) in [5.74, 6) is 0.964. The van der Waals surface area contributed by atoms with Gasteiger partial charge in [-0.05, 0) is 58.9 Å². The van der Waals surface area contributed by atoms with E-state index >= 15 is 0 Å². The highest BCUT2D eigenvalue weighted by molar-refractivity contribution is 7.03. The smallest absolute Gasteiger partial charge is 0.146 e. The molecule has 25 heavy (non-hydrogen) atoms. The third kappa shape index (κ3) is 3.81. The van der Waals surface area contributed by atoms with Gasteiger partial charge in [0.1, 0.15) is 13.8 Å². The summed E-state index contributed by atoms with van der Waals surface area (Å²) in [5.41, 5.74) is 2.62. The van der Waals surface area contributed by atoms with Crippen molar-refractivity contribution in [3.8, 4) is 5.75 Å². The summed E-state index contributed by atoms with van der Waals surface area (Å²) in [4.78, 5) is 4.86. The Morgan fingerprint density at radius 2 is 1.76 bits per heavy atom. The number of methoxy groups -OCH3 is 1. The van der Waals surface area contributed by atoms with Gasteiger partial charge in [-0.15, -0.1) is 0 Å². The van der Waals surface area contributed by atoms with Crippen molar-refractivity contribution in [1.29, 1.82) is 0 Å². The average Bonchev–Trinajstić information content (AvgIpc) is 2.61. The summed E-state index contributed by atoms with van der Waals surface area (Å²) < 4.78 is 5.53. The van der Waals surface area contributed by atoms with Crippen molar-refractivity contribution in [3.05, 3.63) is 48.2 Å². The molecule has 0 N–H and O–H groups in total. The van der Waals surface area contributed by atoms with Crippen LogP contribution in [0.25, 0.3) is 0 Å². The zero-order valence-corrected chi connectivity index (χ0v) is 17.7. The predicted molar refractivity (Wildman–Crippen MR) is 111 cm³/mol.